The molecule has 0 amide bonds. The third-order valence-electron chi connectivity index (χ3n) is 4.60. The highest BCUT2D eigenvalue weighted by molar-refractivity contribution is 7.89. The Morgan fingerprint density at radius 2 is 1.70 bits per heavy atom. The number of hydrogen-bond acceptors (Lipinski definition) is 4. The minimum absolute atomic E-state index is 0.0771. The van der Waals surface area contributed by atoms with Gasteiger partial charge in [0.25, 0.3) is 0 Å². The van der Waals surface area contributed by atoms with Crippen LogP contribution < -0.4 is 0 Å². The average molecular weight is 390 g/mol. The van der Waals surface area contributed by atoms with Crippen molar-refractivity contribution in [1.82, 2.24) is 19.3 Å². The SMILES string of the molecule is O=S(=O)(c1c(F)cccc1F)N1CCC(n2cc(-c3ccccc3)nn2)C1. The fourth-order valence-corrected chi connectivity index (χ4v) is 4.80. The molecule has 0 saturated carbocycles. The van der Waals surface area contributed by atoms with Gasteiger partial charge in [-0.15, -0.1) is 5.10 Å². The molecule has 1 aliphatic heterocycles. The Labute approximate surface area is 155 Å². The minimum Gasteiger partial charge on any atom is -0.247 e. The molecule has 2 aromatic carbocycles. The van der Waals surface area contributed by atoms with Crippen molar-refractivity contribution in [2.45, 2.75) is 17.4 Å². The largest absolute Gasteiger partial charge is 0.248 e. The molecule has 9 heteroatoms. The van der Waals surface area contributed by atoms with Crippen molar-refractivity contribution < 1.29 is 17.2 Å². The van der Waals surface area contributed by atoms with Gasteiger partial charge in [0, 0.05) is 18.7 Å². The third kappa shape index (κ3) is 3.24. The van der Waals surface area contributed by atoms with Gasteiger partial charge < -0.3 is 0 Å². The van der Waals surface area contributed by atoms with Crippen molar-refractivity contribution in [2.75, 3.05) is 13.1 Å². The van der Waals surface area contributed by atoms with Gasteiger partial charge in [0.05, 0.1) is 12.2 Å². The summed E-state index contributed by atoms with van der Waals surface area (Å²) in [5.74, 6) is -2.18. The maximum atomic E-state index is 13.9. The molecular weight excluding hydrogens is 374 g/mol. The minimum atomic E-state index is -4.26. The molecule has 0 bridgehead atoms. The van der Waals surface area contributed by atoms with E-state index in [1.165, 1.54) is 0 Å². The number of nitrogens with zero attached hydrogens (tertiary/aromatic N) is 4. The van der Waals surface area contributed by atoms with Gasteiger partial charge in [-0.2, -0.15) is 4.31 Å². The zero-order valence-corrected chi connectivity index (χ0v) is 15.0. The van der Waals surface area contributed by atoms with Gasteiger partial charge in [-0.3, -0.25) is 0 Å². The van der Waals surface area contributed by atoms with Crippen LogP contribution in [0.2, 0.25) is 0 Å². The monoisotopic (exact) mass is 390 g/mol. The van der Waals surface area contributed by atoms with Crippen LogP contribution in [-0.4, -0.2) is 40.8 Å². The van der Waals surface area contributed by atoms with E-state index in [9.17, 15) is 17.2 Å². The Bertz CT molecular complexity index is 1050. The Morgan fingerprint density at radius 3 is 2.41 bits per heavy atom. The van der Waals surface area contributed by atoms with Crippen LogP contribution in [0.25, 0.3) is 11.3 Å². The zero-order valence-electron chi connectivity index (χ0n) is 14.2. The quantitative estimate of drug-likeness (QED) is 0.687. The van der Waals surface area contributed by atoms with E-state index < -0.39 is 26.6 Å². The smallest absolute Gasteiger partial charge is 0.247 e. The Morgan fingerprint density at radius 1 is 1.00 bits per heavy atom. The van der Waals surface area contributed by atoms with Gasteiger partial charge in [-0.05, 0) is 18.6 Å². The first-order valence-electron chi connectivity index (χ1n) is 8.38. The van der Waals surface area contributed by atoms with Crippen LogP contribution in [0, 0.1) is 11.6 Å². The van der Waals surface area contributed by atoms with Gasteiger partial charge >= 0.3 is 0 Å². The third-order valence-corrected chi connectivity index (χ3v) is 6.51. The number of sulfonamides is 1. The molecule has 0 radical (unpaired) electrons. The Balaban J connectivity index is 1.57. The van der Waals surface area contributed by atoms with Crippen LogP contribution in [0.15, 0.2) is 59.6 Å². The fourth-order valence-electron chi connectivity index (χ4n) is 3.20. The van der Waals surface area contributed by atoms with Crippen LogP contribution >= 0.6 is 0 Å². The summed E-state index contributed by atoms with van der Waals surface area (Å²) in [5, 5.41) is 8.23. The van der Waals surface area contributed by atoms with E-state index in [2.05, 4.69) is 10.3 Å². The highest BCUT2D eigenvalue weighted by Crippen LogP contribution is 2.30. The molecule has 4 rings (SSSR count). The fraction of sp³-hybridized carbons (Fsp3) is 0.222. The number of aromatic nitrogens is 3. The van der Waals surface area contributed by atoms with Crippen molar-refractivity contribution in [2.24, 2.45) is 0 Å². The molecule has 1 fully saturated rings. The molecule has 1 aliphatic rings. The van der Waals surface area contributed by atoms with Crippen molar-refractivity contribution in [3.8, 4) is 11.3 Å². The van der Waals surface area contributed by atoms with Crippen LogP contribution in [-0.2, 0) is 10.0 Å². The van der Waals surface area contributed by atoms with Gasteiger partial charge in [0.1, 0.15) is 17.3 Å². The molecule has 1 aromatic heterocycles. The Kier molecular flexibility index (Phi) is 4.48. The lowest BCUT2D eigenvalue weighted by Crippen LogP contribution is -2.30. The standard InChI is InChI=1S/C18H16F2N4O2S/c19-15-7-4-8-16(20)18(15)27(25,26)23-10-9-14(11-23)24-12-17(21-22-24)13-5-2-1-3-6-13/h1-8,12,14H,9-11H2. The predicted octanol–water partition coefficient (Wildman–Crippen LogP) is 2.86. The zero-order chi connectivity index (χ0) is 19.0. The highest BCUT2D eigenvalue weighted by Gasteiger charge is 2.37. The normalized spacial score (nSPS) is 18.1. The van der Waals surface area contributed by atoms with E-state index in [0.29, 0.717) is 12.1 Å². The van der Waals surface area contributed by atoms with Crippen LogP contribution in [0.4, 0.5) is 8.78 Å². The molecular formula is C18H16F2N4O2S. The lowest BCUT2D eigenvalue weighted by Gasteiger charge is -2.17. The first-order chi connectivity index (χ1) is 13.0. The van der Waals surface area contributed by atoms with E-state index in [4.69, 9.17) is 0 Å². The molecule has 27 heavy (non-hydrogen) atoms. The second-order valence-corrected chi connectivity index (χ2v) is 8.18. The molecule has 6 nitrogen and oxygen atoms in total. The summed E-state index contributed by atoms with van der Waals surface area (Å²) in [5.41, 5.74) is 1.58. The molecule has 0 N–H and O–H groups in total. The van der Waals surface area contributed by atoms with E-state index in [1.807, 2.05) is 30.3 Å². The number of hydrogen-bond donors (Lipinski definition) is 0. The summed E-state index contributed by atoms with van der Waals surface area (Å²) in [6, 6.07) is 12.2. The van der Waals surface area contributed by atoms with E-state index in [-0.39, 0.29) is 19.1 Å². The van der Waals surface area contributed by atoms with E-state index in [1.54, 1.807) is 10.9 Å². The summed E-state index contributed by atoms with van der Waals surface area (Å²) in [6.45, 7) is 0.231. The van der Waals surface area contributed by atoms with Crippen LogP contribution in [0.3, 0.4) is 0 Å². The number of rotatable bonds is 4. The van der Waals surface area contributed by atoms with Crippen molar-refractivity contribution >= 4 is 10.0 Å². The summed E-state index contributed by atoms with van der Waals surface area (Å²) in [6.07, 6.45) is 2.23. The molecule has 3 aromatic rings. The van der Waals surface area contributed by atoms with Gasteiger partial charge in [-0.25, -0.2) is 21.9 Å². The average Bonchev–Trinajstić information content (AvgIpc) is 3.32. The lowest BCUT2D eigenvalue weighted by molar-refractivity contribution is 0.421. The molecule has 0 aliphatic carbocycles. The number of benzene rings is 2. The van der Waals surface area contributed by atoms with E-state index in [0.717, 1.165) is 28.1 Å². The van der Waals surface area contributed by atoms with Crippen LogP contribution in [0.5, 0.6) is 0 Å². The maximum absolute atomic E-state index is 13.9. The molecule has 140 valence electrons. The van der Waals surface area contributed by atoms with Crippen molar-refractivity contribution in [3.63, 3.8) is 0 Å². The van der Waals surface area contributed by atoms with Crippen molar-refractivity contribution in [1.29, 1.82) is 0 Å². The maximum Gasteiger partial charge on any atom is 0.248 e. The number of halogens is 2. The summed E-state index contributed by atoms with van der Waals surface area (Å²) in [7, 11) is -4.26. The predicted molar refractivity (Wildman–Crippen MR) is 94.2 cm³/mol. The Hall–Kier alpha value is -2.65. The molecule has 1 atom stereocenters. The first-order valence-corrected chi connectivity index (χ1v) is 9.82. The lowest BCUT2D eigenvalue weighted by atomic mass is 10.2. The molecule has 0 spiro atoms. The van der Waals surface area contributed by atoms with Crippen molar-refractivity contribution in [3.05, 3.63) is 66.4 Å². The van der Waals surface area contributed by atoms with E-state index >= 15 is 0 Å². The van der Waals surface area contributed by atoms with Gasteiger partial charge in [-0.1, -0.05) is 41.6 Å². The second kappa shape index (κ2) is 6.82. The summed E-state index contributed by atoms with van der Waals surface area (Å²) in [4.78, 5) is -0.908. The molecule has 1 saturated heterocycles. The highest BCUT2D eigenvalue weighted by atomic mass is 32.2. The summed E-state index contributed by atoms with van der Waals surface area (Å²) >= 11 is 0. The molecule has 2 heterocycles. The van der Waals surface area contributed by atoms with Crippen LogP contribution in [0.1, 0.15) is 12.5 Å². The van der Waals surface area contributed by atoms with Gasteiger partial charge in [0.15, 0.2) is 4.90 Å². The first kappa shape index (κ1) is 17.7. The topological polar surface area (TPSA) is 68.1 Å². The summed E-state index contributed by atoms with van der Waals surface area (Å²) < 4.78 is 55.9. The second-order valence-electron chi connectivity index (χ2n) is 6.31. The van der Waals surface area contributed by atoms with Gasteiger partial charge in [0.2, 0.25) is 10.0 Å². The molecule has 1 unspecified atom stereocenters.